The zero-order valence-electron chi connectivity index (χ0n) is 14.7. The SMILES string of the molecule is Cc1ccccc1Cn1nc(CNC[C@@H](C)O)c(-c2ccccc2)n1. The van der Waals surface area contributed by atoms with Crippen molar-refractivity contribution >= 4 is 0 Å². The van der Waals surface area contributed by atoms with E-state index in [0.717, 1.165) is 17.0 Å². The Labute approximate surface area is 148 Å². The lowest BCUT2D eigenvalue weighted by molar-refractivity contribution is 0.191. The zero-order valence-corrected chi connectivity index (χ0v) is 14.7. The molecule has 2 N–H and O–H groups in total. The average molecular weight is 336 g/mol. The number of rotatable bonds is 7. The van der Waals surface area contributed by atoms with Gasteiger partial charge < -0.3 is 10.4 Å². The molecule has 3 aromatic rings. The molecule has 0 radical (unpaired) electrons. The number of nitrogens with one attached hydrogen (secondary N) is 1. The van der Waals surface area contributed by atoms with Crippen LogP contribution in [0.2, 0.25) is 0 Å². The highest BCUT2D eigenvalue weighted by atomic mass is 16.3. The van der Waals surface area contributed by atoms with Gasteiger partial charge in [0.1, 0.15) is 11.4 Å². The molecule has 0 spiro atoms. The van der Waals surface area contributed by atoms with Gasteiger partial charge in [-0.3, -0.25) is 0 Å². The summed E-state index contributed by atoms with van der Waals surface area (Å²) in [6, 6.07) is 18.4. The summed E-state index contributed by atoms with van der Waals surface area (Å²) in [7, 11) is 0. The highest BCUT2D eigenvalue weighted by Crippen LogP contribution is 2.20. The monoisotopic (exact) mass is 336 g/mol. The molecule has 0 bridgehead atoms. The lowest BCUT2D eigenvalue weighted by atomic mass is 10.1. The second-order valence-electron chi connectivity index (χ2n) is 6.30. The molecule has 0 saturated carbocycles. The Morgan fingerprint density at radius 1 is 1.04 bits per heavy atom. The maximum absolute atomic E-state index is 9.44. The van der Waals surface area contributed by atoms with Gasteiger partial charge in [-0.15, -0.1) is 0 Å². The highest BCUT2D eigenvalue weighted by Gasteiger charge is 2.13. The molecule has 0 aliphatic carbocycles. The van der Waals surface area contributed by atoms with Crippen molar-refractivity contribution in [1.29, 1.82) is 0 Å². The van der Waals surface area contributed by atoms with Gasteiger partial charge in [-0.25, -0.2) is 0 Å². The predicted octanol–water partition coefficient (Wildman–Crippen LogP) is 2.77. The highest BCUT2D eigenvalue weighted by molar-refractivity contribution is 5.60. The van der Waals surface area contributed by atoms with E-state index >= 15 is 0 Å². The van der Waals surface area contributed by atoms with Crippen LogP contribution in [0, 0.1) is 6.92 Å². The Balaban J connectivity index is 1.87. The van der Waals surface area contributed by atoms with E-state index in [2.05, 4.69) is 29.5 Å². The van der Waals surface area contributed by atoms with Gasteiger partial charge in [0.15, 0.2) is 0 Å². The summed E-state index contributed by atoms with van der Waals surface area (Å²) in [5, 5.41) is 22.1. The average Bonchev–Trinajstić information content (AvgIpc) is 3.00. The topological polar surface area (TPSA) is 63.0 Å². The summed E-state index contributed by atoms with van der Waals surface area (Å²) < 4.78 is 0. The molecule has 0 unspecified atom stereocenters. The number of aliphatic hydroxyl groups excluding tert-OH is 1. The van der Waals surface area contributed by atoms with Gasteiger partial charge in [-0.2, -0.15) is 15.0 Å². The van der Waals surface area contributed by atoms with Crippen molar-refractivity contribution in [2.24, 2.45) is 0 Å². The van der Waals surface area contributed by atoms with E-state index in [1.807, 2.05) is 42.5 Å². The molecule has 25 heavy (non-hydrogen) atoms. The Morgan fingerprint density at radius 3 is 2.48 bits per heavy atom. The standard InChI is InChI=1S/C20H24N4O/c1-15-8-6-7-11-18(15)14-24-22-19(13-21-12-16(2)25)20(23-24)17-9-4-3-5-10-17/h3-11,16,21,25H,12-14H2,1-2H3/t16-/m1/s1. The first-order valence-corrected chi connectivity index (χ1v) is 8.56. The van der Waals surface area contributed by atoms with Crippen LogP contribution in [0.5, 0.6) is 0 Å². The molecule has 2 aromatic carbocycles. The molecule has 0 aliphatic rings. The van der Waals surface area contributed by atoms with E-state index in [4.69, 9.17) is 5.10 Å². The zero-order chi connectivity index (χ0) is 17.6. The van der Waals surface area contributed by atoms with Crippen molar-refractivity contribution in [2.45, 2.75) is 33.0 Å². The number of benzene rings is 2. The van der Waals surface area contributed by atoms with Gasteiger partial charge >= 0.3 is 0 Å². The third kappa shape index (κ3) is 4.53. The van der Waals surface area contributed by atoms with Crippen molar-refractivity contribution in [3.63, 3.8) is 0 Å². The summed E-state index contributed by atoms with van der Waals surface area (Å²) in [6.07, 6.45) is -0.387. The van der Waals surface area contributed by atoms with E-state index in [1.165, 1.54) is 11.1 Å². The molecular weight excluding hydrogens is 312 g/mol. The maximum atomic E-state index is 9.44. The smallest absolute Gasteiger partial charge is 0.117 e. The van der Waals surface area contributed by atoms with Gasteiger partial charge in [0.05, 0.1) is 12.6 Å². The summed E-state index contributed by atoms with van der Waals surface area (Å²) in [5.41, 5.74) is 5.26. The lowest BCUT2D eigenvalue weighted by Gasteiger charge is -2.06. The van der Waals surface area contributed by atoms with Gasteiger partial charge in [0.2, 0.25) is 0 Å². The molecule has 0 aliphatic heterocycles. The van der Waals surface area contributed by atoms with Crippen molar-refractivity contribution in [2.75, 3.05) is 6.54 Å². The van der Waals surface area contributed by atoms with Crippen LogP contribution in [0.25, 0.3) is 11.3 Å². The van der Waals surface area contributed by atoms with Crippen LogP contribution < -0.4 is 5.32 Å². The molecule has 3 rings (SSSR count). The third-order valence-electron chi connectivity index (χ3n) is 4.08. The number of aliphatic hydroxyl groups is 1. The van der Waals surface area contributed by atoms with Crippen LogP contribution in [-0.2, 0) is 13.1 Å². The second kappa shape index (κ2) is 8.05. The molecule has 0 saturated heterocycles. The molecule has 5 heteroatoms. The van der Waals surface area contributed by atoms with Gasteiger partial charge in [0.25, 0.3) is 0 Å². The Hall–Kier alpha value is -2.50. The van der Waals surface area contributed by atoms with E-state index in [1.54, 1.807) is 11.7 Å². The number of hydrogen-bond acceptors (Lipinski definition) is 4. The summed E-state index contributed by atoms with van der Waals surface area (Å²) in [6.45, 7) is 5.60. The quantitative estimate of drug-likeness (QED) is 0.696. The fourth-order valence-electron chi connectivity index (χ4n) is 2.73. The summed E-state index contributed by atoms with van der Waals surface area (Å²) in [5.74, 6) is 0. The van der Waals surface area contributed by atoms with Gasteiger partial charge in [-0.1, -0.05) is 54.6 Å². The van der Waals surface area contributed by atoms with E-state index in [9.17, 15) is 5.11 Å². The van der Waals surface area contributed by atoms with Gasteiger partial charge in [-0.05, 0) is 25.0 Å². The number of nitrogens with zero attached hydrogens (tertiary/aromatic N) is 3. The number of aryl methyl sites for hydroxylation is 1. The number of aromatic nitrogens is 3. The number of hydrogen-bond donors (Lipinski definition) is 2. The van der Waals surface area contributed by atoms with Crippen LogP contribution in [0.3, 0.4) is 0 Å². The molecule has 1 heterocycles. The minimum atomic E-state index is -0.387. The molecule has 1 atom stereocenters. The van der Waals surface area contributed by atoms with Crippen LogP contribution in [0.15, 0.2) is 54.6 Å². The fraction of sp³-hybridized carbons (Fsp3) is 0.300. The Kier molecular flexibility index (Phi) is 5.58. The van der Waals surface area contributed by atoms with Crippen LogP contribution in [0.1, 0.15) is 23.7 Å². The Bertz CT molecular complexity index is 812. The second-order valence-corrected chi connectivity index (χ2v) is 6.30. The normalized spacial score (nSPS) is 12.3. The molecule has 5 nitrogen and oxygen atoms in total. The minimum absolute atomic E-state index is 0.387. The van der Waals surface area contributed by atoms with Crippen molar-refractivity contribution < 1.29 is 5.11 Å². The van der Waals surface area contributed by atoms with Crippen molar-refractivity contribution in [1.82, 2.24) is 20.3 Å². The summed E-state index contributed by atoms with van der Waals surface area (Å²) >= 11 is 0. The molecular formula is C20H24N4O. The lowest BCUT2D eigenvalue weighted by Crippen LogP contribution is -2.24. The Morgan fingerprint density at radius 2 is 1.76 bits per heavy atom. The summed E-state index contributed by atoms with van der Waals surface area (Å²) in [4.78, 5) is 1.75. The molecule has 0 fully saturated rings. The fourth-order valence-corrected chi connectivity index (χ4v) is 2.73. The van der Waals surface area contributed by atoms with Crippen molar-refractivity contribution in [3.05, 3.63) is 71.4 Å². The molecule has 130 valence electrons. The van der Waals surface area contributed by atoms with Crippen molar-refractivity contribution in [3.8, 4) is 11.3 Å². The molecule has 1 aromatic heterocycles. The third-order valence-corrected chi connectivity index (χ3v) is 4.08. The predicted molar refractivity (Wildman–Crippen MR) is 99.1 cm³/mol. The van der Waals surface area contributed by atoms with Crippen LogP contribution in [0.4, 0.5) is 0 Å². The van der Waals surface area contributed by atoms with E-state index in [0.29, 0.717) is 19.6 Å². The maximum Gasteiger partial charge on any atom is 0.117 e. The first-order valence-electron chi connectivity index (χ1n) is 8.56. The molecule has 0 amide bonds. The van der Waals surface area contributed by atoms with Crippen LogP contribution in [-0.4, -0.2) is 32.7 Å². The largest absolute Gasteiger partial charge is 0.392 e. The minimum Gasteiger partial charge on any atom is -0.392 e. The first-order chi connectivity index (χ1) is 12.1. The first kappa shape index (κ1) is 17.3. The van der Waals surface area contributed by atoms with E-state index in [-0.39, 0.29) is 6.10 Å². The van der Waals surface area contributed by atoms with E-state index < -0.39 is 0 Å². The van der Waals surface area contributed by atoms with Gasteiger partial charge in [0, 0.05) is 18.7 Å². The van der Waals surface area contributed by atoms with Crippen LogP contribution >= 0.6 is 0 Å².